The second kappa shape index (κ2) is 7.94. The van der Waals surface area contributed by atoms with Crippen LogP contribution in [-0.2, 0) is 0 Å². The van der Waals surface area contributed by atoms with Gasteiger partial charge in [-0.2, -0.15) is 5.10 Å². The number of benzene rings is 1. The highest BCUT2D eigenvalue weighted by Gasteiger charge is 2.27. The number of carbonyl (C=O) groups is 1. The summed E-state index contributed by atoms with van der Waals surface area (Å²) in [5.41, 5.74) is 1.95. The van der Waals surface area contributed by atoms with Crippen molar-refractivity contribution in [2.75, 3.05) is 19.9 Å². The number of hydrogen-bond acceptors (Lipinski definition) is 7. The van der Waals surface area contributed by atoms with E-state index in [1.165, 1.54) is 0 Å². The fraction of sp³-hybridized carbons (Fsp3) is 0.300. The van der Waals surface area contributed by atoms with Crippen LogP contribution in [0.1, 0.15) is 23.3 Å². The lowest BCUT2D eigenvalue weighted by Gasteiger charge is -2.32. The van der Waals surface area contributed by atoms with Crippen molar-refractivity contribution < 1.29 is 19.0 Å². The van der Waals surface area contributed by atoms with Crippen LogP contribution in [0.3, 0.4) is 0 Å². The van der Waals surface area contributed by atoms with Crippen molar-refractivity contribution >= 4 is 21.8 Å². The van der Waals surface area contributed by atoms with Gasteiger partial charge in [0, 0.05) is 24.5 Å². The zero-order valence-electron chi connectivity index (χ0n) is 15.9. The van der Waals surface area contributed by atoms with E-state index in [9.17, 15) is 4.79 Å². The number of hydrogen-bond donors (Lipinski definition) is 1. The van der Waals surface area contributed by atoms with Crippen LogP contribution in [0.5, 0.6) is 17.5 Å². The Hall–Kier alpha value is -3.14. The Balaban J connectivity index is 1.27. The summed E-state index contributed by atoms with van der Waals surface area (Å²) in [7, 11) is 0. The van der Waals surface area contributed by atoms with Crippen LogP contribution in [0.2, 0.25) is 0 Å². The van der Waals surface area contributed by atoms with Crippen molar-refractivity contribution in [1.82, 2.24) is 25.1 Å². The number of fused-ring (bicyclic) bond motifs is 1. The zero-order valence-corrected chi connectivity index (χ0v) is 17.5. The quantitative estimate of drug-likeness (QED) is 0.623. The highest BCUT2D eigenvalue weighted by molar-refractivity contribution is 9.10. The molecule has 3 aromatic rings. The Morgan fingerprint density at radius 3 is 2.90 bits per heavy atom. The topological polar surface area (TPSA) is 102 Å². The summed E-state index contributed by atoms with van der Waals surface area (Å²) in [4.78, 5) is 23.0. The van der Waals surface area contributed by atoms with Gasteiger partial charge in [-0.3, -0.25) is 9.89 Å². The number of aromatic nitrogens is 4. The van der Waals surface area contributed by atoms with Gasteiger partial charge in [-0.15, -0.1) is 0 Å². The zero-order chi connectivity index (χ0) is 20.5. The van der Waals surface area contributed by atoms with Gasteiger partial charge in [0.05, 0.1) is 16.7 Å². The molecule has 10 heteroatoms. The van der Waals surface area contributed by atoms with Crippen molar-refractivity contribution in [2.24, 2.45) is 0 Å². The number of piperidine rings is 1. The standard InChI is InChI=1S/C20H18BrN5O4/c21-13-8-22-20(23-9-13)30-14-2-1-5-26(10-14)19(27)16-7-15(24-25-16)12-3-4-17-18(6-12)29-11-28-17/h3-4,6-9,14H,1-2,5,10-11H2,(H,24,25). The maximum absolute atomic E-state index is 13.0. The van der Waals surface area contributed by atoms with E-state index in [0.717, 1.165) is 22.9 Å². The molecule has 0 aliphatic carbocycles. The third kappa shape index (κ3) is 3.82. The number of ether oxygens (including phenoxy) is 3. The molecule has 0 spiro atoms. The minimum Gasteiger partial charge on any atom is -0.458 e. The molecule has 2 aromatic heterocycles. The number of amides is 1. The summed E-state index contributed by atoms with van der Waals surface area (Å²) in [5.74, 6) is 1.27. The van der Waals surface area contributed by atoms with Gasteiger partial charge in [-0.25, -0.2) is 9.97 Å². The van der Waals surface area contributed by atoms with E-state index in [4.69, 9.17) is 14.2 Å². The average Bonchev–Trinajstić information content (AvgIpc) is 3.44. The third-order valence-electron chi connectivity index (χ3n) is 5.01. The molecule has 154 valence electrons. The van der Waals surface area contributed by atoms with Crippen molar-refractivity contribution in [2.45, 2.75) is 18.9 Å². The minimum absolute atomic E-state index is 0.112. The van der Waals surface area contributed by atoms with Gasteiger partial charge in [0.2, 0.25) is 6.79 Å². The second-order valence-electron chi connectivity index (χ2n) is 7.05. The molecule has 1 saturated heterocycles. The molecule has 30 heavy (non-hydrogen) atoms. The minimum atomic E-state index is -0.153. The Morgan fingerprint density at radius 1 is 1.20 bits per heavy atom. The third-order valence-corrected chi connectivity index (χ3v) is 5.42. The predicted molar refractivity (Wildman–Crippen MR) is 109 cm³/mol. The Kier molecular flexibility index (Phi) is 4.99. The van der Waals surface area contributed by atoms with Crippen molar-refractivity contribution in [1.29, 1.82) is 0 Å². The van der Waals surface area contributed by atoms with E-state index >= 15 is 0 Å². The lowest BCUT2D eigenvalue weighted by Crippen LogP contribution is -2.44. The molecule has 1 amide bonds. The SMILES string of the molecule is O=C(c1cc(-c2ccc3c(c2)OCO3)n[nH]1)N1CCCC(Oc2ncc(Br)cn2)C1. The van der Waals surface area contributed by atoms with E-state index in [0.29, 0.717) is 42.0 Å². The number of H-pyrrole nitrogens is 1. The molecule has 1 aromatic carbocycles. The first-order valence-corrected chi connectivity index (χ1v) is 10.3. The number of nitrogens with one attached hydrogen (secondary N) is 1. The van der Waals surface area contributed by atoms with E-state index in [-0.39, 0.29) is 18.8 Å². The van der Waals surface area contributed by atoms with Crippen LogP contribution >= 0.6 is 15.9 Å². The summed E-state index contributed by atoms with van der Waals surface area (Å²) in [6, 6.07) is 7.65. The van der Waals surface area contributed by atoms with E-state index < -0.39 is 0 Å². The van der Waals surface area contributed by atoms with Crippen molar-refractivity contribution in [3.63, 3.8) is 0 Å². The van der Waals surface area contributed by atoms with Gasteiger partial charge >= 0.3 is 6.01 Å². The molecule has 2 aliphatic heterocycles. The molecule has 0 bridgehead atoms. The fourth-order valence-corrected chi connectivity index (χ4v) is 3.74. The molecule has 2 aliphatic rings. The normalized spacial score (nSPS) is 17.8. The maximum atomic E-state index is 13.0. The summed E-state index contributed by atoms with van der Waals surface area (Å²) < 4.78 is 17.4. The van der Waals surface area contributed by atoms with Crippen LogP contribution in [0.15, 0.2) is 41.1 Å². The molecule has 1 N–H and O–H groups in total. The van der Waals surface area contributed by atoms with Gasteiger partial charge in [-0.05, 0) is 53.0 Å². The largest absolute Gasteiger partial charge is 0.458 e. The van der Waals surface area contributed by atoms with Gasteiger partial charge in [0.25, 0.3) is 5.91 Å². The van der Waals surface area contributed by atoms with Gasteiger partial charge < -0.3 is 19.1 Å². The summed E-state index contributed by atoms with van der Waals surface area (Å²) in [5, 5.41) is 7.15. The van der Waals surface area contributed by atoms with Crippen LogP contribution < -0.4 is 14.2 Å². The van der Waals surface area contributed by atoms with E-state index in [1.807, 2.05) is 18.2 Å². The molecule has 1 atom stereocenters. The first-order valence-electron chi connectivity index (χ1n) is 9.54. The van der Waals surface area contributed by atoms with Crippen LogP contribution in [0.4, 0.5) is 0 Å². The highest BCUT2D eigenvalue weighted by atomic mass is 79.9. The first-order chi connectivity index (χ1) is 14.7. The Morgan fingerprint density at radius 2 is 2.03 bits per heavy atom. The fourth-order valence-electron chi connectivity index (χ4n) is 3.53. The molecule has 1 fully saturated rings. The Labute approximate surface area is 180 Å². The first kappa shape index (κ1) is 18.9. The number of nitrogens with zero attached hydrogens (tertiary/aromatic N) is 4. The Bertz CT molecular complexity index is 1070. The maximum Gasteiger partial charge on any atom is 0.316 e. The summed E-state index contributed by atoms with van der Waals surface area (Å²) in [6.45, 7) is 1.35. The van der Waals surface area contributed by atoms with Gasteiger partial charge in [0.1, 0.15) is 11.8 Å². The van der Waals surface area contributed by atoms with E-state index in [1.54, 1.807) is 23.4 Å². The second-order valence-corrected chi connectivity index (χ2v) is 7.97. The number of halogens is 1. The van der Waals surface area contributed by atoms with Crippen molar-refractivity contribution in [3.8, 4) is 28.8 Å². The number of likely N-dealkylation sites (tertiary alicyclic amines) is 1. The highest BCUT2D eigenvalue weighted by Crippen LogP contribution is 2.35. The number of carbonyl (C=O) groups excluding carboxylic acids is 1. The predicted octanol–water partition coefficient (Wildman–Crippen LogP) is 3.04. The molecule has 9 nitrogen and oxygen atoms in total. The number of rotatable bonds is 4. The summed E-state index contributed by atoms with van der Waals surface area (Å²) >= 11 is 3.30. The van der Waals surface area contributed by atoms with Crippen LogP contribution in [-0.4, -0.2) is 57.0 Å². The molecule has 0 saturated carbocycles. The molecule has 5 rings (SSSR count). The molecule has 0 radical (unpaired) electrons. The van der Waals surface area contributed by atoms with Crippen LogP contribution in [0, 0.1) is 0 Å². The molecule has 1 unspecified atom stereocenters. The lowest BCUT2D eigenvalue weighted by molar-refractivity contribution is 0.0510. The lowest BCUT2D eigenvalue weighted by atomic mass is 10.1. The molecular formula is C20H18BrN5O4. The molecular weight excluding hydrogens is 454 g/mol. The molecule has 4 heterocycles. The van der Waals surface area contributed by atoms with E-state index in [2.05, 4.69) is 36.1 Å². The van der Waals surface area contributed by atoms with Gasteiger partial charge in [-0.1, -0.05) is 0 Å². The smallest absolute Gasteiger partial charge is 0.316 e. The monoisotopic (exact) mass is 471 g/mol. The van der Waals surface area contributed by atoms with Crippen molar-refractivity contribution in [3.05, 3.63) is 46.8 Å². The van der Waals surface area contributed by atoms with Crippen LogP contribution in [0.25, 0.3) is 11.3 Å². The summed E-state index contributed by atoms with van der Waals surface area (Å²) in [6.07, 6.45) is 4.80. The van der Waals surface area contributed by atoms with Gasteiger partial charge in [0.15, 0.2) is 11.5 Å². The number of aromatic amines is 1. The average molecular weight is 472 g/mol.